The van der Waals surface area contributed by atoms with E-state index in [-0.39, 0.29) is 11.8 Å². The van der Waals surface area contributed by atoms with E-state index in [2.05, 4.69) is 34.4 Å². The predicted octanol–water partition coefficient (Wildman–Crippen LogP) is 1.80. The van der Waals surface area contributed by atoms with Crippen LogP contribution in [-0.4, -0.2) is 41.4 Å². The van der Waals surface area contributed by atoms with Gasteiger partial charge in [0.15, 0.2) is 0 Å². The first-order valence-corrected chi connectivity index (χ1v) is 8.47. The van der Waals surface area contributed by atoms with E-state index in [1.54, 1.807) is 12.3 Å². The van der Waals surface area contributed by atoms with Crippen molar-refractivity contribution in [1.29, 1.82) is 0 Å². The topological polar surface area (TPSA) is 90.1 Å². The first-order chi connectivity index (χ1) is 12.0. The number of H-pyrrole nitrogens is 1. The molecule has 132 valence electrons. The van der Waals surface area contributed by atoms with Crippen LogP contribution in [0.1, 0.15) is 29.9 Å². The van der Waals surface area contributed by atoms with Crippen molar-refractivity contribution in [1.82, 2.24) is 15.3 Å². The molecule has 7 nitrogen and oxygen atoms in total. The van der Waals surface area contributed by atoms with E-state index >= 15 is 0 Å². The van der Waals surface area contributed by atoms with Crippen molar-refractivity contribution in [3.63, 3.8) is 0 Å². The maximum atomic E-state index is 12.3. The summed E-state index contributed by atoms with van der Waals surface area (Å²) in [7, 11) is 0. The zero-order valence-corrected chi connectivity index (χ0v) is 14.5. The van der Waals surface area contributed by atoms with E-state index in [0.29, 0.717) is 30.5 Å². The molecule has 2 amide bonds. The summed E-state index contributed by atoms with van der Waals surface area (Å²) in [5.74, 6) is 0.813. The van der Waals surface area contributed by atoms with Crippen LogP contribution in [0.4, 0.5) is 11.5 Å². The summed E-state index contributed by atoms with van der Waals surface area (Å²) in [6.07, 6.45) is 4.47. The van der Waals surface area contributed by atoms with Crippen LogP contribution in [0.3, 0.4) is 0 Å². The van der Waals surface area contributed by atoms with Gasteiger partial charge in [0.25, 0.3) is 5.91 Å². The highest BCUT2D eigenvalue weighted by atomic mass is 16.2. The molecular weight excluding hydrogens is 318 g/mol. The van der Waals surface area contributed by atoms with Gasteiger partial charge in [-0.2, -0.15) is 0 Å². The molecule has 2 aromatic heterocycles. The van der Waals surface area contributed by atoms with E-state index < -0.39 is 0 Å². The first kappa shape index (κ1) is 17.0. The van der Waals surface area contributed by atoms with E-state index in [1.165, 1.54) is 0 Å². The van der Waals surface area contributed by atoms with Gasteiger partial charge in [-0.1, -0.05) is 13.8 Å². The summed E-state index contributed by atoms with van der Waals surface area (Å²) in [5, 5.41) is 5.57. The number of aromatic nitrogens is 2. The molecule has 1 saturated heterocycles. The monoisotopic (exact) mass is 341 g/mol. The minimum Gasteiger partial charge on any atom is -0.359 e. The molecule has 0 atom stereocenters. The maximum Gasteiger partial charge on any atom is 0.273 e. The van der Waals surface area contributed by atoms with E-state index in [1.807, 2.05) is 23.2 Å². The molecular formula is C18H23N5O2. The molecule has 25 heavy (non-hydrogen) atoms. The fourth-order valence-corrected chi connectivity index (χ4v) is 2.85. The molecule has 0 bridgehead atoms. The minimum atomic E-state index is -0.215. The molecule has 1 aliphatic heterocycles. The van der Waals surface area contributed by atoms with Gasteiger partial charge < -0.3 is 20.5 Å². The van der Waals surface area contributed by atoms with Gasteiger partial charge in [0.05, 0.1) is 18.4 Å². The van der Waals surface area contributed by atoms with Crippen LogP contribution in [0.15, 0.2) is 30.6 Å². The van der Waals surface area contributed by atoms with Gasteiger partial charge in [-0.05, 0) is 36.1 Å². The number of hydrogen-bond donors (Lipinski definition) is 3. The van der Waals surface area contributed by atoms with Crippen LogP contribution in [0.5, 0.6) is 0 Å². The minimum absolute atomic E-state index is 0.00701. The second-order valence-corrected chi connectivity index (χ2v) is 6.65. The lowest BCUT2D eigenvalue weighted by Gasteiger charge is -2.28. The summed E-state index contributed by atoms with van der Waals surface area (Å²) >= 11 is 0. The molecule has 0 saturated carbocycles. The Morgan fingerprint density at radius 3 is 2.92 bits per heavy atom. The third-order valence-corrected chi connectivity index (χ3v) is 4.02. The van der Waals surface area contributed by atoms with E-state index in [0.717, 1.165) is 24.2 Å². The molecule has 1 aliphatic rings. The summed E-state index contributed by atoms with van der Waals surface area (Å²) < 4.78 is 0. The van der Waals surface area contributed by atoms with Crippen molar-refractivity contribution in [3.8, 4) is 0 Å². The zero-order chi connectivity index (χ0) is 17.8. The molecule has 0 aromatic carbocycles. The lowest BCUT2D eigenvalue weighted by molar-refractivity contribution is -0.120. The van der Waals surface area contributed by atoms with Crippen molar-refractivity contribution < 1.29 is 9.59 Å². The van der Waals surface area contributed by atoms with Crippen LogP contribution >= 0.6 is 0 Å². The fraction of sp³-hybridized carbons (Fsp3) is 0.389. The number of aromatic amines is 1. The largest absolute Gasteiger partial charge is 0.359 e. The van der Waals surface area contributed by atoms with Gasteiger partial charge in [0.2, 0.25) is 5.91 Å². The lowest BCUT2D eigenvalue weighted by atomic mass is 10.1. The number of nitrogens with zero attached hydrogens (tertiary/aromatic N) is 2. The lowest BCUT2D eigenvalue weighted by Crippen LogP contribution is -2.47. The number of rotatable bonds is 5. The highest BCUT2D eigenvalue weighted by Crippen LogP contribution is 2.17. The predicted molar refractivity (Wildman–Crippen MR) is 96.7 cm³/mol. The van der Waals surface area contributed by atoms with Gasteiger partial charge in [-0.3, -0.25) is 9.59 Å². The number of hydrogen-bond acceptors (Lipinski definition) is 4. The second-order valence-electron chi connectivity index (χ2n) is 6.65. The number of carbonyl (C=O) groups is 2. The van der Waals surface area contributed by atoms with Gasteiger partial charge in [-0.15, -0.1) is 0 Å². The average Bonchev–Trinajstić information content (AvgIpc) is 3.03. The molecule has 2 aromatic rings. The fourth-order valence-electron chi connectivity index (χ4n) is 2.85. The normalized spacial score (nSPS) is 14.5. The Kier molecular flexibility index (Phi) is 5.02. The zero-order valence-electron chi connectivity index (χ0n) is 14.5. The molecule has 7 heteroatoms. The molecule has 0 spiro atoms. The number of amides is 2. The molecule has 1 fully saturated rings. The van der Waals surface area contributed by atoms with Gasteiger partial charge in [0.1, 0.15) is 11.5 Å². The molecule has 0 unspecified atom stereocenters. The van der Waals surface area contributed by atoms with Crippen LogP contribution in [0, 0.1) is 5.92 Å². The summed E-state index contributed by atoms with van der Waals surface area (Å²) in [6.45, 7) is 5.99. The summed E-state index contributed by atoms with van der Waals surface area (Å²) in [4.78, 5) is 33.0. The Hall–Kier alpha value is -2.83. The smallest absolute Gasteiger partial charge is 0.273 e. The Balaban J connectivity index is 1.61. The molecule has 0 aliphatic carbocycles. The van der Waals surface area contributed by atoms with Crippen LogP contribution in [-0.2, 0) is 11.2 Å². The first-order valence-electron chi connectivity index (χ1n) is 8.47. The average molecular weight is 341 g/mol. The third-order valence-electron chi connectivity index (χ3n) is 4.02. The van der Waals surface area contributed by atoms with Gasteiger partial charge in [0, 0.05) is 19.3 Å². The van der Waals surface area contributed by atoms with Gasteiger partial charge >= 0.3 is 0 Å². The van der Waals surface area contributed by atoms with Crippen molar-refractivity contribution >= 4 is 23.3 Å². The van der Waals surface area contributed by atoms with E-state index in [4.69, 9.17) is 0 Å². The Morgan fingerprint density at radius 2 is 2.24 bits per heavy atom. The SMILES string of the molecule is CC(C)Cc1c[nH]c(C(=O)Nc2ccc(N3CCNC(=O)C3)cn2)c1. The quantitative estimate of drug-likeness (QED) is 0.773. The van der Waals surface area contributed by atoms with Crippen molar-refractivity contribution in [2.45, 2.75) is 20.3 Å². The Bertz CT molecular complexity index is 751. The van der Waals surface area contributed by atoms with E-state index in [9.17, 15) is 9.59 Å². The van der Waals surface area contributed by atoms with Crippen molar-refractivity contribution in [2.75, 3.05) is 29.9 Å². The maximum absolute atomic E-state index is 12.3. The standard InChI is InChI=1S/C18H23N5O2/c1-12(2)7-13-8-15(20-9-13)18(25)22-16-4-3-14(10-21-16)23-6-5-19-17(24)11-23/h3-4,8-10,12,20H,5-7,11H2,1-2H3,(H,19,24)(H,21,22,25). The molecule has 3 rings (SSSR count). The number of carbonyl (C=O) groups excluding carboxylic acids is 2. The van der Waals surface area contributed by atoms with Crippen LogP contribution in [0.25, 0.3) is 0 Å². The highest BCUT2D eigenvalue weighted by Gasteiger charge is 2.17. The van der Waals surface area contributed by atoms with Crippen molar-refractivity contribution in [3.05, 3.63) is 41.9 Å². The summed E-state index contributed by atoms with van der Waals surface area (Å²) in [6, 6.07) is 5.48. The number of nitrogens with one attached hydrogen (secondary N) is 3. The number of pyridine rings is 1. The second kappa shape index (κ2) is 7.38. The Labute approximate surface area is 146 Å². The molecule has 3 N–H and O–H groups in total. The molecule has 0 radical (unpaired) electrons. The highest BCUT2D eigenvalue weighted by molar-refractivity contribution is 6.02. The van der Waals surface area contributed by atoms with Crippen LogP contribution in [0.2, 0.25) is 0 Å². The van der Waals surface area contributed by atoms with Crippen LogP contribution < -0.4 is 15.5 Å². The summed E-state index contributed by atoms with van der Waals surface area (Å²) in [5.41, 5.74) is 2.51. The third kappa shape index (κ3) is 4.37. The number of anilines is 2. The van der Waals surface area contributed by atoms with Crippen molar-refractivity contribution in [2.24, 2.45) is 5.92 Å². The Morgan fingerprint density at radius 1 is 1.40 bits per heavy atom. The number of piperazine rings is 1. The molecule has 3 heterocycles. The van der Waals surface area contributed by atoms with Gasteiger partial charge in [-0.25, -0.2) is 4.98 Å².